The molecule has 0 aliphatic carbocycles. The Morgan fingerprint density at radius 2 is 1.90 bits per heavy atom. The van der Waals surface area contributed by atoms with Gasteiger partial charge in [0.1, 0.15) is 11.3 Å². The molecule has 2 aromatic rings. The van der Waals surface area contributed by atoms with Crippen molar-refractivity contribution in [3.05, 3.63) is 59.9 Å². The zero-order valence-corrected chi connectivity index (χ0v) is 17.0. The van der Waals surface area contributed by atoms with Crippen LogP contribution in [0.2, 0.25) is 0 Å². The van der Waals surface area contributed by atoms with Crippen molar-refractivity contribution in [2.45, 2.75) is 37.9 Å². The Balaban J connectivity index is 1.89. The molecule has 1 aromatic carbocycles. The minimum absolute atomic E-state index is 0.147. The van der Waals surface area contributed by atoms with E-state index in [2.05, 4.69) is 10.3 Å². The van der Waals surface area contributed by atoms with Crippen LogP contribution in [0.15, 0.2) is 48.8 Å². The number of amides is 1. The zero-order valence-electron chi connectivity index (χ0n) is 17.0. The van der Waals surface area contributed by atoms with Gasteiger partial charge in [-0.15, -0.1) is 0 Å². The van der Waals surface area contributed by atoms with Crippen molar-refractivity contribution in [1.82, 2.24) is 15.2 Å². The van der Waals surface area contributed by atoms with Crippen molar-refractivity contribution in [3.63, 3.8) is 0 Å². The molecule has 1 fully saturated rings. The monoisotopic (exact) mass is 397 g/mol. The second-order valence-electron chi connectivity index (χ2n) is 7.40. The summed E-state index contributed by atoms with van der Waals surface area (Å²) in [6, 6.07) is 10.8. The van der Waals surface area contributed by atoms with Gasteiger partial charge in [0, 0.05) is 25.0 Å². The molecule has 1 amide bonds. The molecular weight excluding hydrogens is 370 g/mol. The van der Waals surface area contributed by atoms with Crippen LogP contribution in [0, 0.1) is 5.92 Å². The number of aromatic nitrogens is 1. The highest BCUT2D eigenvalue weighted by Crippen LogP contribution is 2.47. The second-order valence-corrected chi connectivity index (χ2v) is 7.40. The first kappa shape index (κ1) is 20.8. The third kappa shape index (κ3) is 3.96. The lowest BCUT2D eigenvalue weighted by atomic mass is 9.87. The van der Waals surface area contributed by atoms with Gasteiger partial charge in [-0.05, 0) is 55.3 Å². The van der Waals surface area contributed by atoms with E-state index in [9.17, 15) is 14.7 Å². The van der Waals surface area contributed by atoms with Crippen LogP contribution < -0.4 is 10.1 Å². The van der Waals surface area contributed by atoms with Crippen LogP contribution in [-0.4, -0.2) is 46.6 Å². The maximum absolute atomic E-state index is 13.1. The summed E-state index contributed by atoms with van der Waals surface area (Å²) in [4.78, 5) is 31.1. The normalized spacial score (nSPS) is 24.2. The number of pyridine rings is 1. The summed E-state index contributed by atoms with van der Waals surface area (Å²) >= 11 is 0. The first-order chi connectivity index (χ1) is 13.9. The highest BCUT2D eigenvalue weighted by Gasteiger charge is 2.56. The van der Waals surface area contributed by atoms with E-state index in [1.54, 1.807) is 26.6 Å². The number of rotatable bonds is 7. The van der Waals surface area contributed by atoms with E-state index < -0.39 is 17.4 Å². The number of ether oxygens (including phenoxy) is 1. The Labute approximate surface area is 170 Å². The van der Waals surface area contributed by atoms with Gasteiger partial charge in [0.15, 0.2) is 0 Å². The SMILES string of the molecule is CC[C@]1(C(=O)O)C[C@@H](C(=O)NCc2ccncc2)[C@@H](c2ccc(OC)cc2)N1C. The van der Waals surface area contributed by atoms with Gasteiger partial charge < -0.3 is 15.2 Å². The minimum Gasteiger partial charge on any atom is -0.497 e. The molecule has 2 heterocycles. The van der Waals surface area contributed by atoms with Crippen LogP contribution in [0.1, 0.15) is 36.9 Å². The molecule has 0 unspecified atom stereocenters. The van der Waals surface area contributed by atoms with Crippen molar-refractivity contribution in [1.29, 1.82) is 0 Å². The van der Waals surface area contributed by atoms with Gasteiger partial charge in [0.2, 0.25) is 5.91 Å². The predicted molar refractivity (Wildman–Crippen MR) is 108 cm³/mol. The lowest BCUT2D eigenvalue weighted by Crippen LogP contribution is -2.48. The van der Waals surface area contributed by atoms with Crippen molar-refractivity contribution in [2.24, 2.45) is 5.92 Å². The summed E-state index contributed by atoms with van der Waals surface area (Å²) < 4.78 is 5.23. The molecule has 3 rings (SSSR count). The summed E-state index contributed by atoms with van der Waals surface area (Å²) in [6.45, 7) is 2.23. The number of likely N-dealkylation sites (N-methyl/N-ethyl adjacent to an activating group) is 1. The number of methoxy groups -OCH3 is 1. The fourth-order valence-corrected chi connectivity index (χ4v) is 4.25. The fraction of sp³-hybridized carbons (Fsp3) is 0.409. The maximum Gasteiger partial charge on any atom is 0.324 e. The van der Waals surface area contributed by atoms with Crippen LogP contribution in [0.25, 0.3) is 0 Å². The topological polar surface area (TPSA) is 91.8 Å². The van der Waals surface area contributed by atoms with Gasteiger partial charge in [-0.1, -0.05) is 19.1 Å². The van der Waals surface area contributed by atoms with Crippen LogP contribution in [0.3, 0.4) is 0 Å². The summed E-state index contributed by atoms with van der Waals surface area (Å²) in [5.41, 5.74) is 0.762. The molecule has 1 aliphatic heterocycles. The summed E-state index contributed by atoms with van der Waals surface area (Å²) in [7, 11) is 3.39. The van der Waals surface area contributed by atoms with E-state index in [0.717, 1.165) is 11.1 Å². The third-order valence-electron chi connectivity index (χ3n) is 6.02. The minimum atomic E-state index is -1.08. The first-order valence-electron chi connectivity index (χ1n) is 9.70. The number of carbonyl (C=O) groups excluding carboxylic acids is 1. The van der Waals surface area contributed by atoms with E-state index in [0.29, 0.717) is 18.7 Å². The van der Waals surface area contributed by atoms with E-state index in [1.165, 1.54) is 0 Å². The largest absolute Gasteiger partial charge is 0.497 e. The Bertz CT molecular complexity index is 856. The van der Waals surface area contributed by atoms with Gasteiger partial charge in [-0.3, -0.25) is 19.5 Å². The van der Waals surface area contributed by atoms with Gasteiger partial charge in [0.25, 0.3) is 0 Å². The number of hydrogen-bond donors (Lipinski definition) is 2. The van der Waals surface area contributed by atoms with Crippen molar-refractivity contribution in [2.75, 3.05) is 14.2 Å². The zero-order chi connectivity index (χ0) is 21.0. The number of nitrogens with zero attached hydrogens (tertiary/aromatic N) is 2. The molecule has 0 saturated carbocycles. The van der Waals surface area contributed by atoms with E-state index in [-0.39, 0.29) is 18.4 Å². The van der Waals surface area contributed by atoms with Gasteiger partial charge in [-0.2, -0.15) is 0 Å². The smallest absolute Gasteiger partial charge is 0.324 e. The summed E-state index contributed by atoms with van der Waals surface area (Å²) in [5.74, 6) is -0.809. The molecule has 154 valence electrons. The lowest BCUT2D eigenvalue weighted by Gasteiger charge is -2.34. The molecule has 3 atom stereocenters. The number of likely N-dealkylation sites (tertiary alicyclic amines) is 1. The van der Waals surface area contributed by atoms with Crippen LogP contribution in [-0.2, 0) is 16.1 Å². The predicted octanol–water partition coefficient (Wildman–Crippen LogP) is 2.63. The standard InChI is InChI=1S/C22H27N3O4/c1-4-22(21(27)28)13-18(20(26)24-14-15-9-11-23-12-10-15)19(25(22)2)16-5-7-17(29-3)8-6-16/h5-12,18-19H,4,13-14H2,1-3H3,(H,24,26)(H,27,28)/t18-,19-,22-/m1/s1. The third-order valence-corrected chi connectivity index (χ3v) is 6.02. The van der Waals surface area contributed by atoms with Gasteiger partial charge >= 0.3 is 5.97 Å². The quantitative estimate of drug-likeness (QED) is 0.746. The molecule has 1 aliphatic rings. The molecule has 29 heavy (non-hydrogen) atoms. The average molecular weight is 397 g/mol. The van der Waals surface area contributed by atoms with Crippen molar-refractivity contribution < 1.29 is 19.4 Å². The molecular formula is C22H27N3O4. The molecule has 0 spiro atoms. The van der Waals surface area contributed by atoms with Gasteiger partial charge in [0.05, 0.1) is 13.0 Å². The fourth-order valence-electron chi connectivity index (χ4n) is 4.25. The number of carboxylic acids is 1. The molecule has 2 N–H and O–H groups in total. The van der Waals surface area contributed by atoms with E-state index in [4.69, 9.17) is 4.74 Å². The number of carbonyl (C=O) groups is 2. The number of hydrogen-bond acceptors (Lipinski definition) is 5. The average Bonchev–Trinajstić information content (AvgIpc) is 3.06. The van der Waals surface area contributed by atoms with Crippen LogP contribution in [0.4, 0.5) is 0 Å². The number of aliphatic carboxylic acids is 1. The summed E-state index contributed by atoms with van der Waals surface area (Å²) in [5, 5.41) is 13.0. The van der Waals surface area contributed by atoms with E-state index >= 15 is 0 Å². The number of benzene rings is 1. The summed E-state index contributed by atoms with van der Waals surface area (Å²) in [6.07, 6.45) is 4.03. The highest BCUT2D eigenvalue weighted by atomic mass is 16.5. The molecule has 7 heteroatoms. The molecule has 1 aromatic heterocycles. The Hall–Kier alpha value is -2.93. The van der Waals surface area contributed by atoms with Crippen molar-refractivity contribution in [3.8, 4) is 5.75 Å². The van der Waals surface area contributed by atoms with Crippen LogP contribution in [0.5, 0.6) is 5.75 Å². The van der Waals surface area contributed by atoms with Crippen LogP contribution >= 0.6 is 0 Å². The number of nitrogens with one attached hydrogen (secondary N) is 1. The van der Waals surface area contributed by atoms with Crippen molar-refractivity contribution >= 4 is 11.9 Å². The van der Waals surface area contributed by atoms with E-state index in [1.807, 2.05) is 48.2 Å². The number of carboxylic acid groups (broad SMARTS) is 1. The maximum atomic E-state index is 13.1. The molecule has 0 radical (unpaired) electrons. The Morgan fingerprint density at radius 3 is 2.45 bits per heavy atom. The Kier molecular flexibility index (Phi) is 6.17. The molecule has 7 nitrogen and oxygen atoms in total. The highest BCUT2D eigenvalue weighted by molar-refractivity contribution is 5.85. The molecule has 1 saturated heterocycles. The molecule has 0 bridgehead atoms. The first-order valence-corrected chi connectivity index (χ1v) is 9.70. The Morgan fingerprint density at radius 1 is 1.24 bits per heavy atom. The van der Waals surface area contributed by atoms with Gasteiger partial charge in [-0.25, -0.2) is 0 Å². The lowest BCUT2D eigenvalue weighted by molar-refractivity contribution is -0.150. The second kappa shape index (κ2) is 8.61.